The van der Waals surface area contributed by atoms with Crippen molar-refractivity contribution in [1.29, 1.82) is 0 Å². The van der Waals surface area contributed by atoms with Gasteiger partial charge in [0.05, 0.1) is 0 Å². The predicted molar refractivity (Wildman–Crippen MR) is 67.2 cm³/mol. The third-order valence-electron chi connectivity index (χ3n) is 1.71. The molecule has 0 N–H and O–H groups in total. The summed E-state index contributed by atoms with van der Waals surface area (Å²) in [7, 11) is 0. The van der Waals surface area contributed by atoms with Gasteiger partial charge in [-0.05, 0) is 23.1 Å². The summed E-state index contributed by atoms with van der Waals surface area (Å²) in [6.45, 7) is 20.1. The summed E-state index contributed by atoms with van der Waals surface area (Å²) in [6, 6.07) is 8.01. The molecule has 0 bridgehead atoms. The zero-order chi connectivity index (χ0) is 14.5. The molecule has 0 saturated carbocycles. The number of carbonyl (C=O) groups excluding carboxylic acids is 3. The van der Waals surface area contributed by atoms with Crippen molar-refractivity contribution in [3.05, 3.63) is 34.9 Å². The van der Waals surface area contributed by atoms with Crippen molar-refractivity contribution >= 4 is 32.0 Å². The molecule has 1 aromatic carbocycles. The minimum absolute atomic E-state index is 0. The molecule has 6 radical (unpaired) electrons. The predicted octanol–water partition coefficient (Wildman–Crippen LogP) is 2.44. The Kier molecular flexibility index (Phi) is 23.0. The van der Waals surface area contributed by atoms with Crippen LogP contribution in [0.25, 0.3) is 0 Å². The molecule has 0 aliphatic rings. The van der Waals surface area contributed by atoms with E-state index < -0.39 is 0 Å². The van der Waals surface area contributed by atoms with Crippen LogP contribution >= 0.6 is 11.6 Å². The van der Waals surface area contributed by atoms with E-state index in [1.54, 1.807) is 0 Å². The van der Waals surface area contributed by atoms with E-state index in [1.165, 1.54) is 5.56 Å². The van der Waals surface area contributed by atoms with E-state index >= 15 is 0 Å². The SMILES string of the molecule is CC(C)(C)c1ccc(Cl)cc1.[C]=O.[C]=O.[C]=O.[Cr]. The maximum absolute atomic E-state index is 7.50. The van der Waals surface area contributed by atoms with Crippen LogP contribution in [0.5, 0.6) is 0 Å². The van der Waals surface area contributed by atoms with Gasteiger partial charge in [0.2, 0.25) is 0 Å². The molecule has 5 heteroatoms. The van der Waals surface area contributed by atoms with Gasteiger partial charge in [-0.2, -0.15) is 0 Å². The normalized spacial score (nSPS) is 7.78. The summed E-state index contributed by atoms with van der Waals surface area (Å²) >= 11 is 5.76. The van der Waals surface area contributed by atoms with E-state index in [0.717, 1.165) is 5.02 Å². The maximum atomic E-state index is 7.50. The number of benzene rings is 1. The van der Waals surface area contributed by atoms with Gasteiger partial charge in [-0.3, -0.25) is 14.4 Å². The van der Waals surface area contributed by atoms with Crippen LogP contribution in [-0.4, -0.2) is 20.4 Å². The van der Waals surface area contributed by atoms with Crippen LogP contribution < -0.4 is 0 Å². The molecule has 1 rings (SSSR count). The van der Waals surface area contributed by atoms with E-state index in [2.05, 4.69) is 53.3 Å². The van der Waals surface area contributed by atoms with Gasteiger partial charge in [0, 0.05) is 22.4 Å². The fourth-order valence-corrected chi connectivity index (χ4v) is 1.08. The van der Waals surface area contributed by atoms with Crippen molar-refractivity contribution in [3.63, 3.8) is 0 Å². The van der Waals surface area contributed by atoms with Crippen molar-refractivity contribution in [1.82, 2.24) is 0 Å². The number of hydrogen-bond acceptors (Lipinski definition) is 3. The van der Waals surface area contributed by atoms with E-state index in [4.69, 9.17) is 26.0 Å². The van der Waals surface area contributed by atoms with Crippen LogP contribution in [0.1, 0.15) is 26.3 Å². The van der Waals surface area contributed by atoms with E-state index in [-0.39, 0.29) is 22.8 Å². The van der Waals surface area contributed by atoms with E-state index in [0.29, 0.717) is 0 Å². The second-order valence-electron chi connectivity index (χ2n) is 3.76. The van der Waals surface area contributed by atoms with Crippen LogP contribution in [0.2, 0.25) is 5.02 Å². The number of rotatable bonds is 0. The van der Waals surface area contributed by atoms with Gasteiger partial charge in [-0.25, -0.2) is 0 Å². The zero-order valence-electron chi connectivity index (χ0n) is 10.3. The molecule has 0 amide bonds. The Balaban J connectivity index is -0.000000123. The van der Waals surface area contributed by atoms with Gasteiger partial charge in [-0.1, -0.05) is 44.5 Å². The molecular weight excluding hydrogens is 292 g/mol. The van der Waals surface area contributed by atoms with Crippen molar-refractivity contribution in [2.45, 2.75) is 26.2 Å². The second-order valence-corrected chi connectivity index (χ2v) is 4.19. The molecule has 0 fully saturated rings. The molecule has 0 spiro atoms. The Bertz CT molecular complexity index is 279. The van der Waals surface area contributed by atoms with Gasteiger partial charge in [0.15, 0.2) is 0 Å². The topological polar surface area (TPSA) is 51.2 Å². The summed E-state index contributed by atoms with van der Waals surface area (Å²) in [5.41, 5.74) is 1.55. The van der Waals surface area contributed by atoms with Gasteiger partial charge in [-0.15, -0.1) is 0 Å². The Morgan fingerprint density at radius 2 is 1.11 bits per heavy atom. The van der Waals surface area contributed by atoms with E-state index in [1.807, 2.05) is 12.1 Å². The Hall–Kier alpha value is -0.948. The first-order valence-corrected chi connectivity index (χ1v) is 4.75. The average Bonchev–Trinajstić information content (AvgIpc) is 2.36. The molecule has 0 aromatic heterocycles. The molecule has 1 aromatic rings. The van der Waals surface area contributed by atoms with Gasteiger partial charge < -0.3 is 0 Å². The van der Waals surface area contributed by atoms with Gasteiger partial charge in [0.1, 0.15) is 0 Å². The van der Waals surface area contributed by atoms with Crippen LogP contribution in [0, 0.1) is 0 Å². The first-order valence-electron chi connectivity index (χ1n) is 4.37. The third kappa shape index (κ3) is 13.1. The summed E-state index contributed by atoms with van der Waals surface area (Å²) in [4.78, 5) is 22.5. The smallest absolute Gasteiger partial charge is 0.281 e. The zero-order valence-corrected chi connectivity index (χ0v) is 12.4. The van der Waals surface area contributed by atoms with Gasteiger partial charge in [0.25, 0.3) is 20.4 Å². The van der Waals surface area contributed by atoms with Crippen LogP contribution in [0.3, 0.4) is 0 Å². The number of hydrogen-bond donors (Lipinski definition) is 0. The molecule has 0 saturated heterocycles. The van der Waals surface area contributed by atoms with Crippen LogP contribution in [0.4, 0.5) is 0 Å². The molecule has 96 valence electrons. The first-order chi connectivity index (χ1) is 8.00. The quantitative estimate of drug-likeness (QED) is 0.740. The minimum Gasteiger partial charge on any atom is -0.281 e. The second kappa shape index (κ2) is 16.1. The van der Waals surface area contributed by atoms with Gasteiger partial charge >= 0.3 is 0 Å². The standard InChI is InChI=1S/C10H13Cl.3CO.Cr/c1-10(2,3)8-4-6-9(11)7-5-8;3*1-2;/h4-7H,1-3H3;;;;. The van der Waals surface area contributed by atoms with Crippen molar-refractivity contribution in [2.75, 3.05) is 0 Å². The Morgan fingerprint density at radius 1 is 0.833 bits per heavy atom. The fourth-order valence-electron chi connectivity index (χ4n) is 0.950. The van der Waals surface area contributed by atoms with E-state index in [9.17, 15) is 0 Å². The van der Waals surface area contributed by atoms with Crippen molar-refractivity contribution in [2.24, 2.45) is 0 Å². The maximum Gasteiger partial charge on any atom is 0.281 e. The molecule has 18 heavy (non-hydrogen) atoms. The first kappa shape index (κ1) is 25.8. The fraction of sp³-hybridized carbons (Fsp3) is 0.308. The number of halogens is 1. The molecule has 0 unspecified atom stereocenters. The summed E-state index contributed by atoms with van der Waals surface area (Å²) in [5, 5.41) is 0.804. The Morgan fingerprint density at radius 3 is 1.33 bits per heavy atom. The Labute approximate surface area is 125 Å². The summed E-state index contributed by atoms with van der Waals surface area (Å²) < 4.78 is 0. The average molecular weight is 305 g/mol. The third-order valence-corrected chi connectivity index (χ3v) is 1.96. The molecule has 0 atom stereocenters. The minimum atomic E-state index is 0. The summed E-state index contributed by atoms with van der Waals surface area (Å²) in [6.07, 6.45) is 0. The van der Waals surface area contributed by atoms with Crippen LogP contribution in [-0.2, 0) is 37.2 Å². The molecule has 0 aliphatic carbocycles. The van der Waals surface area contributed by atoms with Crippen LogP contribution in [0.15, 0.2) is 24.3 Å². The molecule has 0 heterocycles. The molecular formula is C13H13ClCrO3. The molecule has 0 aliphatic heterocycles. The molecule has 3 nitrogen and oxygen atoms in total. The largest absolute Gasteiger partial charge is 0.281 e. The summed E-state index contributed by atoms with van der Waals surface area (Å²) in [5.74, 6) is 0. The monoisotopic (exact) mass is 304 g/mol. The van der Waals surface area contributed by atoms with Crippen molar-refractivity contribution in [3.8, 4) is 0 Å². The van der Waals surface area contributed by atoms with Crippen molar-refractivity contribution < 1.29 is 31.7 Å².